The molecule has 4 aromatic rings. The molecule has 0 aliphatic heterocycles. The standard InChI is InChI=1S/C30H30BrN3O3/c1-5-10-23-15-22(16-27(36-4)28(23)37-19-21-11-8-7-9-12-21)18-32-34-29(20(3)6-2)33-26-14-13-24(31)17-25(26)30(34)35/h5,7-9,11-18,20H,1,6,10,19H2,2-4H3/t20-/m1/s1. The van der Waals surface area contributed by atoms with Crippen molar-refractivity contribution < 1.29 is 9.47 Å². The average Bonchev–Trinajstić information content (AvgIpc) is 2.92. The minimum absolute atomic E-state index is 0.0533. The quantitative estimate of drug-likeness (QED) is 0.157. The number of fused-ring (bicyclic) bond motifs is 1. The van der Waals surface area contributed by atoms with Gasteiger partial charge in [0.05, 0.1) is 24.2 Å². The monoisotopic (exact) mass is 559 g/mol. The third-order valence-corrected chi connectivity index (χ3v) is 6.67. The Morgan fingerprint density at radius 1 is 1.16 bits per heavy atom. The molecule has 0 saturated carbocycles. The number of halogens is 1. The first-order valence-electron chi connectivity index (χ1n) is 12.2. The van der Waals surface area contributed by atoms with Crippen molar-refractivity contribution >= 4 is 33.0 Å². The number of rotatable bonds is 10. The van der Waals surface area contributed by atoms with Crippen LogP contribution in [0.15, 0.2) is 87.7 Å². The van der Waals surface area contributed by atoms with Gasteiger partial charge in [-0.2, -0.15) is 9.78 Å². The lowest BCUT2D eigenvalue weighted by molar-refractivity contribution is 0.282. The summed E-state index contributed by atoms with van der Waals surface area (Å²) >= 11 is 3.45. The third-order valence-electron chi connectivity index (χ3n) is 6.17. The Morgan fingerprint density at radius 2 is 1.95 bits per heavy atom. The normalized spacial score (nSPS) is 12.1. The van der Waals surface area contributed by atoms with E-state index in [1.165, 1.54) is 4.68 Å². The number of benzene rings is 3. The van der Waals surface area contributed by atoms with Gasteiger partial charge in [-0.25, -0.2) is 4.98 Å². The molecule has 6 nitrogen and oxygen atoms in total. The van der Waals surface area contributed by atoms with Crippen LogP contribution in [0.25, 0.3) is 10.9 Å². The summed E-state index contributed by atoms with van der Waals surface area (Å²) in [5.41, 5.74) is 3.20. The van der Waals surface area contributed by atoms with Crippen molar-refractivity contribution in [1.29, 1.82) is 0 Å². The molecule has 0 N–H and O–H groups in total. The minimum atomic E-state index is -0.209. The Balaban J connectivity index is 1.76. The summed E-state index contributed by atoms with van der Waals surface area (Å²) in [5.74, 6) is 1.93. The number of nitrogens with zero attached hydrogens (tertiary/aromatic N) is 3. The van der Waals surface area contributed by atoms with E-state index in [0.29, 0.717) is 41.3 Å². The maximum Gasteiger partial charge on any atom is 0.282 e. The van der Waals surface area contributed by atoms with Crippen molar-refractivity contribution in [2.75, 3.05) is 7.11 Å². The van der Waals surface area contributed by atoms with Crippen LogP contribution in [0.4, 0.5) is 0 Å². The first-order valence-corrected chi connectivity index (χ1v) is 13.0. The zero-order valence-electron chi connectivity index (χ0n) is 21.3. The molecule has 4 rings (SSSR count). The second-order valence-corrected chi connectivity index (χ2v) is 9.70. The Kier molecular flexibility index (Phi) is 8.56. The molecule has 0 amide bonds. The van der Waals surface area contributed by atoms with Gasteiger partial charge in [-0.15, -0.1) is 6.58 Å². The molecule has 0 bridgehead atoms. The Hall–Kier alpha value is -3.71. The van der Waals surface area contributed by atoms with E-state index in [-0.39, 0.29) is 11.5 Å². The van der Waals surface area contributed by atoms with Gasteiger partial charge in [-0.05, 0) is 54.3 Å². The van der Waals surface area contributed by atoms with Crippen molar-refractivity contribution in [1.82, 2.24) is 9.66 Å². The first-order chi connectivity index (χ1) is 17.9. The second kappa shape index (κ2) is 12.0. The van der Waals surface area contributed by atoms with Crippen LogP contribution < -0.4 is 15.0 Å². The fourth-order valence-electron chi connectivity index (χ4n) is 4.01. The number of allylic oxidation sites excluding steroid dienone is 1. The summed E-state index contributed by atoms with van der Waals surface area (Å²) in [6, 6.07) is 19.3. The van der Waals surface area contributed by atoms with Crippen LogP contribution >= 0.6 is 15.9 Å². The van der Waals surface area contributed by atoms with Crippen molar-refractivity contribution in [2.45, 2.75) is 39.2 Å². The number of hydrogen-bond donors (Lipinski definition) is 0. The maximum absolute atomic E-state index is 13.4. The van der Waals surface area contributed by atoms with Crippen molar-refractivity contribution in [3.05, 3.63) is 111 Å². The molecule has 0 aliphatic rings. The topological polar surface area (TPSA) is 65.7 Å². The molecule has 1 heterocycles. The SMILES string of the molecule is C=CCc1cc(C=Nn2c([C@H](C)CC)nc3ccc(Br)cc3c2=O)cc(OC)c1OCc1ccccc1. The zero-order valence-corrected chi connectivity index (χ0v) is 22.9. The molecule has 0 radical (unpaired) electrons. The molecule has 37 heavy (non-hydrogen) atoms. The van der Waals surface area contributed by atoms with Gasteiger partial charge in [0.2, 0.25) is 0 Å². The molecule has 7 heteroatoms. The summed E-state index contributed by atoms with van der Waals surface area (Å²) < 4.78 is 14.1. The summed E-state index contributed by atoms with van der Waals surface area (Å²) in [7, 11) is 1.61. The third kappa shape index (κ3) is 6.00. The predicted molar refractivity (Wildman–Crippen MR) is 153 cm³/mol. The molecular weight excluding hydrogens is 530 g/mol. The number of methoxy groups -OCH3 is 1. The van der Waals surface area contributed by atoms with Crippen LogP contribution in [0.2, 0.25) is 0 Å². The Labute approximate surface area is 225 Å². The zero-order chi connectivity index (χ0) is 26.4. The molecule has 0 saturated heterocycles. The van der Waals surface area contributed by atoms with E-state index in [1.54, 1.807) is 19.4 Å². The van der Waals surface area contributed by atoms with Crippen LogP contribution in [-0.2, 0) is 13.0 Å². The largest absolute Gasteiger partial charge is 0.493 e. The van der Waals surface area contributed by atoms with E-state index in [0.717, 1.165) is 27.6 Å². The van der Waals surface area contributed by atoms with Crippen molar-refractivity contribution in [2.24, 2.45) is 5.10 Å². The predicted octanol–water partition coefficient (Wildman–Crippen LogP) is 6.87. The van der Waals surface area contributed by atoms with Gasteiger partial charge >= 0.3 is 0 Å². The lowest BCUT2D eigenvalue weighted by Gasteiger charge is -2.16. The molecule has 3 aromatic carbocycles. The lowest BCUT2D eigenvalue weighted by Crippen LogP contribution is -2.23. The van der Waals surface area contributed by atoms with Crippen molar-refractivity contribution in [3.63, 3.8) is 0 Å². The lowest BCUT2D eigenvalue weighted by atomic mass is 10.1. The van der Waals surface area contributed by atoms with E-state index in [9.17, 15) is 4.79 Å². The minimum Gasteiger partial charge on any atom is -0.493 e. The molecule has 0 unspecified atom stereocenters. The fourth-order valence-corrected chi connectivity index (χ4v) is 4.37. The smallest absolute Gasteiger partial charge is 0.282 e. The van der Waals surface area contributed by atoms with Gasteiger partial charge < -0.3 is 9.47 Å². The van der Waals surface area contributed by atoms with Crippen LogP contribution in [0.3, 0.4) is 0 Å². The Morgan fingerprint density at radius 3 is 2.65 bits per heavy atom. The molecule has 0 spiro atoms. The van der Waals surface area contributed by atoms with Crippen LogP contribution in [-0.4, -0.2) is 23.0 Å². The van der Waals surface area contributed by atoms with E-state index in [1.807, 2.05) is 67.6 Å². The second-order valence-electron chi connectivity index (χ2n) is 8.78. The van der Waals surface area contributed by atoms with E-state index in [2.05, 4.69) is 34.5 Å². The molecule has 190 valence electrons. The molecule has 1 atom stereocenters. The summed E-state index contributed by atoms with van der Waals surface area (Å²) in [6.07, 6.45) is 4.90. The van der Waals surface area contributed by atoms with Gasteiger partial charge in [-0.1, -0.05) is 66.2 Å². The van der Waals surface area contributed by atoms with Crippen LogP contribution in [0, 0.1) is 0 Å². The van der Waals surface area contributed by atoms with Gasteiger partial charge in [0.15, 0.2) is 11.5 Å². The van der Waals surface area contributed by atoms with E-state index in [4.69, 9.17) is 14.5 Å². The summed E-state index contributed by atoms with van der Waals surface area (Å²) in [4.78, 5) is 18.2. The van der Waals surface area contributed by atoms with Crippen LogP contribution in [0.1, 0.15) is 48.7 Å². The van der Waals surface area contributed by atoms with Gasteiger partial charge in [0, 0.05) is 16.0 Å². The molecule has 0 aliphatic carbocycles. The summed E-state index contributed by atoms with van der Waals surface area (Å²) in [5, 5.41) is 5.11. The van der Waals surface area contributed by atoms with Crippen molar-refractivity contribution in [3.8, 4) is 11.5 Å². The number of hydrogen-bond acceptors (Lipinski definition) is 5. The van der Waals surface area contributed by atoms with Gasteiger partial charge in [-0.3, -0.25) is 4.79 Å². The maximum atomic E-state index is 13.4. The Bertz CT molecular complexity index is 1500. The highest BCUT2D eigenvalue weighted by atomic mass is 79.9. The van der Waals surface area contributed by atoms with E-state index < -0.39 is 0 Å². The van der Waals surface area contributed by atoms with Gasteiger partial charge in [0.25, 0.3) is 5.56 Å². The molecule has 0 fully saturated rings. The highest BCUT2D eigenvalue weighted by molar-refractivity contribution is 9.10. The highest BCUT2D eigenvalue weighted by Crippen LogP contribution is 2.34. The van der Waals surface area contributed by atoms with Gasteiger partial charge in [0.1, 0.15) is 12.4 Å². The highest BCUT2D eigenvalue weighted by Gasteiger charge is 2.16. The fraction of sp³-hybridized carbons (Fsp3) is 0.233. The van der Waals surface area contributed by atoms with E-state index >= 15 is 0 Å². The molecule has 1 aromatic heterocycles. The summed E-state index contributed by atoms with van der Waals surface area (Å²) in [6.45, 7) is 8.42. The van der Waals surface area contributed by atoms with Crippen LogP contribution in [0.5, 0.6) is 11.5 Å². The average molecular weight is 560 g/mol. The molecular formula is C30H30BrN3O3. The first kappa shape index (κ1) is 26.4. The number of ether oxygens (including phenoxy) is 2. The number of aromatic nitrogens is 2.